The zero-order chi connectivity index (χ0) is 75.3. The van der Waals surface area contributed by atoms with Gasteiger partial charge in [0.15, 0.2) is 18.9 Å². The molecule has 0 spiro atoms. The first kappa shape index (κ1) is 96.2. The number of ether oxygens (including phenoxy) is 6. The van der Waals surface area contributed by atoms with E-state index in [9.17, 15) is 61.0 Å². The number of carbonyl (C=O) groups excluding carboxylic acids is 1. The van der Waals surface area contributed by atoms with Crippen molar-refractivity contribution in [2.75, 3.05) is 26.4 Å². The molecule has 19 heteroatoms. The lowest BCUT2D eigenvalue weighted by Crippen LogP contribution is -2.66. The first-order valence-corrected chi connectivity index (χ1v) is 43.2. The van der Waals surface area contributed by atoms with Gasteiger partial charge in [0.1, 0.15) is 73.2 Å². The monoisotopic (exact) mass is 1480 g/mol. The molecule has 3 rings (SSSR count). The van der Waals surface area contributed by atoms with Crippen LogP contribution in [0.4, 0.5) is 0 Å². The predicted molar refractivity (Wildman–Crippen MR) is 416 cm³/mol. The molecule has 0 saturated carbocycles. The first-order chi connectivity index (χ1) is 50.8. The molecule has 104 heavy (non-hydrogen) atoms. The van der Waals surface area contributed by atoms with Crippen molar-refractivity contribution < 1.29 is 89.4 Å². The summed E-state index contributed by atoms with van der Waals surface area (Å²) < 4.78 is 34.6. The summed E-state index contributed by atoms with van der Waals surface area (Å²) in [7, 11) is 0. The number of aliphatic hydroxyl groups excluding tert-OH is 11. The Labute approximate surface area is 631 Å². The van der Waals surface area contributed by atoms with Crippen LogP contribution in [0.15, 0.2) is 36.5 Å². The molecule has 3 fully saturated rings. The molecule has 0 bridgehead atoms. The quantitative estimate of drug-likeness (QED) is 0.0199. The van der Waals surface area contributed by atoms with E-state index < -0.39 is 124 Å². The number of amides is 1. The molecule has 612 valence electrons. The molecule has 17 unspecified atom stereocenters. The Balaban J connectivity index is 1.34. The topological polar surface area (TPSA) is 307 Å². The van der Waals surface area contributed by atoms with Gasteiger partial charge in [0.05, 0.1) is 38.6 Å². The van der Waals surface area contributed by atoms with Crippen molar-refractivity contribution in [3.63, 3.8) is 0 Å². The van der Waals surface area contributed by atoms with E-state index in [1.807, 2.05) is 0 Å². The lowest BCUT2D eigenvalue weighted by atomic mass is 9.96. The SMILES string of the molecule is CCCCCCC/C=C\C/C=C\C/C=C\CCCCCCCCCCCCCCC(=O)NC(COC1OC(CO)C(OC2OC(CO)C(OC3OC(CO)C(O)C(O)C3O)C(O)C2O)C(O)C1O)C(O)CCCCCCCCCCCCCCCCCCCCCCCCCCCCCCCCCC. The maximum absolute atomic E-state index is 13.5. The summed E-state index contributed by atoms with van der Waals surface area (Å²) in [6.07, 6.45) is 55.3. The average molecular weight is 1480 g/mol. The van der Waals surface area contributed by atoms with Crippen LogP contribution in [0.1, 0.15) is 367 Å². The number of allylic oxidation sites excluding steroid dienone is 6. The van der Waals surface area contributed by atoms with Gasteiger partial charge in [-0.05, 0) is 51.4 Å². The standard InChI is InChI=1S/C85H159NO18/c1-3-5-7-9-11-13-15-17-19-21-23-25-27-29-31-32-33-34-35-37-38-40-42-44-46-48-50-52-54-56-58-60-62-69(90)68(86-73(91)63-61-59-57-55-53-51-49-47-45-43-41-39-36-30-28-26-24-22-20-18-16-14-12-10-8-6-4-2)67-99-83-79(97)76(94)81(71(65-88)101-83)104-85-80(98)77(95)82(72(66-89)102-85)103-84-78(96)75(93)74(92)70(64-87)100-84/h16,18,22,24,28,30,68-72,74-85,87-90,92-98H,3-15,17,19-21,23,25-27,29,31-67H2,1-2H3,(H,86,91)/b18-16-,24-22-,30-28-. The van der Waals surface area contributed by atoms with E-state index in [-0.39, 0.29) is 18.9 Å². The molecule has 1 amide bonds. The molecule has 12 N–H and O–H groups in total. The summed E-state index contributed by atoms with van der Waals surface area (Å²) in [5.41, 5.74) is 0. The molecule has 19 nitrogen and oxygen atoms in total. The summed E-state index contributed by atoms with van der Waals surface area (Å²) in [4.78, 5) is 13.5. The molecule has 3 saturated heterocycles. The van der Waals surface area contributed by atoms with E-state index >= 15 is 0 Å². The van der Waals surface area contributed by atoms with Crippen molar-refractivity contribution in [3.05, 3.63) is 36.5 Å². The summed E-state index contributed by atoms with van der Waals surface area (Å²) >= 11 is 0. The first-order valence-electron chi connectivity index (χ1n) is 43.2. The molecule has 0 aromatic carbocycles. The van der Waals surface area contributed by atoms with Crippen LogP contribution in [-0.4, -0.2) is 193 Å². The zero-order valence-corrected chi connectivity index (χ0v) is 65.8. The highest BCUT2D eigenvalue weighted by Crippen LogP contribution is 2.34. The third-order valence-electron chi connectivity index (χ3n) is 21.7. The maximum Gasteiger partial charge on any atom is 0.220 e. The van der Waals surface area contributed by atoms with Gasteiger partial charge in [-0.1, -0.05) is 346 Å². The smallest absolute Gasteiger partial charge is 0.220 e. The molecule has 3 heterocycles. The van der Waals surface area contributed by atoms with Crippen LogP contribution in [0.5, 0.6) is 0 Å². The normalized spacial score (nSPS) is 26.0. The van der Waals surface area contributed by atoms with Crippen molar-refractivity contribution in [2.24, 2.45) is 0 Å². The van der Waals surface area contributed by atoms with Gasteiger partial charge < -0.3 is 89.9 Å². The minimum absolute atomic E-state index is 0.239. The highest BCUT2D eigenvalue weighted by atomic mass is 16.8. The third-order valence-corrected chi connectivity index (χ3v) is 21.7. The Bertz CT molecular complexity index is 2020. The van der Waals surface area contributed by atoms with Crippen molar-refractivity contribution in [2.45, 2.75) is 471 Å². The molecule has 0 radical (unpaired) electrons. The van der Waals surface area contributed by atoms with Gasteiger partial charge in [0, 0.05) is 6.42 Å². The highest BCUT2D eigenvalue weighted by Gasteiger charge is 2.54. The largest absolute Gasteiger partial charge is 0.394 e. The second kappa shape index (κ2) is 65.7. The fraction of sp³-hybridized carbons (Fsp3) is 0.918. The minimum atomic E-state index is -1.97. The van der Waals surface area contributed by atoms with Gasteiger partial charge in [-0.25, -0.2) is 0 Å². The Hall–Kier alpha value is -1.99. The van der Waals surface area contributed by atoms with Crippen LogP contribution >= 0.6 is 0 Å². The molecular formula is C85H159NO18. The van der Waals surface area contributed by atoms with Gasteiger partial charge in [-0.15, -0.1) is 0 Å². The highest BCUT2D eigenvalue weighted by molar-refractivity contribution is 5.76. The Morgan fingerprint density at radius 3 is 0.990 bits per heavy atom. The average Bonchev–Trinajstić information content (AvgIpc) is 0.783. The third kappa shape index (κ3) is 44.8. The summed E-state index contributed by atoms with van der Waals surface area (Å²) in [5.74, 6) is -0.239. The molecule has 0 aliphatic carbocycles. The molecule has 3 aliphatic heterocycles. The van der Waals surface area contributed by atoms with Gasteiger partial charge in [-0.3, -0.25) is 4.79 Å². The van der Waals surface area contributed by atoms with Crippen molar-refractivity contribution in [1.29, 1.82) is 0 Å². The van der Waals surface area contributed by atoms with Crippen molar-refractivity contribution in [3.8, 4) is 0 Å². The lowest BCUT2D eigenvalue weighted by Gasteiger charge is -2.48. The molecule has 17 atom stereocenters. The summed E-state index contributed by atoms with van der Waals surface area (Å²) in [6, 6.07) is -0.891. The molecule has 0 aromatic rings. The number of hydrogen-bond acceptors (Lipinski definition) is 18. The van der Waals surface area contributed by atoms with E-state index in [0.29, 0.717) is 12.8 Å². The van der Waals surface area contributed by atoms with Crippen LogP contribution in [0, 0.1) is 0 Å². The van der Waals surface area contributed by atoms with Gasteiger partial charge in [0.2, 0.25) is 5.91 Å². The number of rotatable bonds is 70. The van der Waals surface area contributed by atoms with Gasteiger partial charge in [-0.2, -0.15) is 0 Å². The lowest BCUT2D eigenvalue weighted by molar-refractivity contribution is -0.379. The van der Waals surface area contributed by atoms with E-state index in [0.717, 1.165) is 64.2 Å². The maximum atomic E-state index is 13.5. The van der Waals surface area contributed by atoms with E-state index in [1.165, 1.54) is 270 Å². The van der Waals surface area contributed by atoms with Gasteiger partial charge in [0.25, 0.3) is 0 Å². The van der Waals surface area contributed by atoms with Crippen molar-refractivity contribution >= 4 is 5.91 Å². The van der Waals surface area contributed by atoms with Crippen LogP contribution in [0.2, 0.25) is 0 Å². The Morgan fingerprint density at radius 2 is 0.635 bits per heavy atom. The predicted octanol–water partition coefficient (Wildman–Crippen LogP) is 15.5. The van der Waals surface area contributed by atoms with Crippen LogP contribution in [0.25, 0.3) is 0 Å². The summed E-state index contributed by atoms with van der Waals surface area (Å²) in [5, 5.41) is 121. The number of nitrogens with one attached hydrogen (secondary N) is 1. The minimum Gasteiger partial charge on any atom is -0.394 e. The fourth-order valence-electron chi connectivity index (χ4n) is 14.8. The second-order valence-electron chi connectivity index (χ2n) is 31.0. The zero-order valence-electron chi connectivity index (χ0n) is 65.8. The Kier molecular flexibility index (Phi) is 60.8. The van der Waals surface area contributed by atoms with E-state index in [4.69, 9.17) is 28.4 Å². The molecule has 0 aromatic heterocycles. The van der Waals surface area contributed by atoms with Crippen LogP contribution < -0.4 is 5.32 Å². The fourth-order valence-corrected chi connectivity index (χ4v) is 14.8. The summed E-state index contributed by atoms with van der Waals surface area (Å²) in [6.45, 7) is 1.85. The number of aliphatic hydroxyl groups is 11. The number of hydrogen-bond donors (Lipinski definition) is 12. The number of unbranched alkanes of at least 4 members (excludes halogenated alkanes) is 48. The second-order valence-corrected chi connectivity index (χ2v) is 31.0. The van der Waals surface area contributed by atoms with Crippen molar-refractivity contribution in [1.82, 2.24) is 5.32 Å². The van der Waals surface area contributed by atoms with E-state index in [1.54, 1.807) is 0 Å². The van der Waals surface area contributed by atoms with Crippen LogP contribution in [0.3, 0.4) is 0 Å². The van der Waals surface area contributed by atoms with Gasteiger partial charge >= 0.3 is 0 Å². The molecule has 3 aliphatic rings. The number of carbonyl (C=O) groups is 1. The van der Waals surface area contributed by atoms with E-state index in [2.05, 4.69) is 55.6 Å². The van der Waals surface area contributed by atoms with Crippen LogP contribution in [-0.2, 0) is 33.2 Å². The Morgan fingerprint density at radius 1 is 0.346 bits per heavy atom. The molecular weight excluding hydrogens is 1320 g/mol.